The SMILES string of the molecule is CC#CCCNCc1ccc(O)c(Br)c1. The molecule has 0 aliphatic carbocycles. The van der Waals surface area contributed by atoms with Gasteiger partial charge in [-0.25, -0.2) is 0 Å². The maximum absolute atomic E-state index is 9.30. The Kier molecular flexibility index (Phi) is 5.23. The van der Waals surface area contributed by atoms with Crippen molar-refractivity contribution in [1.29, 1.82) is 0 Å². The Morgan fingerprint density at radius 3 is 2.93 bits per heavy atom. The van der Waals surface area contributed by atoms with E-state index in [4.69, 9.17) is 0 Å². The van der Waals surface area contributed by atoms with Crippen LogP contribution in [-0.4, -0.2) is 11.7 Å². The molecule has 1 aromatic carbocycles. The minimum atomic E-state index is 0.274. The van der Waals surface area contributed by atoms with E-state index < -0.39 is 0 Å². The van der Waals surface area contributed by atoms with Crippen molar-refractivity contribution < 1.29 is 5.11 Å². The van der Waals surface area contributed by atoms with E-state index in [0.717, 1.165) is 29.5 Å². The summed E-state index contributed by atoms with van der Waals surface area (Å²) in [6.45, 7) is 3.53. The van der Waals surface area contributed by atoms with E-state index in [1.807, 2.05) is 19.1 Å². The molecule has 0 spiro atoms. The van der Waals surface area contributed by atoms with Crippen LogP contribution in [-0.2, 0) is 6.54 Å². The zero-order chi connectivity index (χ0) is 11.1. The van der Waals surface area contributed by atoms with Gasteiger partial charge in [0, 0.05) is 19.5 Å². The fraction of sp³-hybridized carbons (Fsp3) is 0.333. The summed E-state index contributed by atoms with van der Waals surface area (Å²) in [5.41, 5.74) is 1.14. The summed E-state index contributed by atoms with van der Waals surface area (Å²) in [4.78, 5) is 0. The zero-order valence-electron chi connectivity index (χ0n) is 8.68. The third-order valence-corrected chi connectivity index (χ3v) is 2.58. The van der Waals surface area contributed by atoms with Crippen LogP contribution < -0.4 is 5.32 Å². The van der Waals surface area contributed by atoms with Crippen molar-refractivity contribution in [2.24, 2.45) is 0 Å². The summed E-state index contributed by atoms with van der Waals surface area (Å²) in [7, 11) is 0. The highest BCUT2D eigenvalue weighted by Crippen LogP contribution is 2.23. The molecule has 0 atom stereocenters. The number of phenolic OH excluding ortho intramolecular Hbond substituents is 1. The fourth-order valence-corrected chi connectivity index (χ4v) is 1.60. The molecule has 0 saturated heterocycles. The van der Waals surface area contributed by atoms with Crippen LogP contribution in [0, 0.1) is 11.8 Å². The second-order valence-electron chi connectivity index (χ2n) is 3.14. The lowest BCUT2D eigenvalue weighted by Crippen LogP contribution is -2.14. The summed E-state index contributed by atoms with van der Waals surface area (Å²) < 4.78 is 0.732. The van der Waals surface area contributed by atoms with Gasteiger partial charge in [0.25, 0.3) is 0 Å². The molecule has 15 heavy (non-hydrogen) atoms. The molecular formula is C12H14BrNO. The largest absolute Gasteiger partial charge is 0.507 e. The molecule has 0 unspecified atom stereocenters. The van der Waals surface area contributed by atoms with Crippen LogP contribution in [0.25, 0.3) is 0 Å². The molecule has 0 fully saturated rings. The van der Waals surface area contributed by atoms with Crippen molar-refractivity contribution in [3.63, 3.8) is 0 Å². The van der Waals surface area contributed by atoms with Crippen LogP contribution in [0.4, 0.5) is 0 Å². The molecule has 0 aliphatic heterocycles. The third-order valence-electron chi connectivity index (χ3n) is 1.94. The van der Waals surface area contributed by atoms with E-state index in [1.54, 1.807) is 6.07 Å². The van der Waals surface area contributed by atoms with Gasteiger partial charge in [-0.05, 0) is 40.5 Å². The zero-order valence-corrected chi connectivity index (χ0v) is 10.3. The highest BCUT2D eigenvalue weighted by atomic mass is 79.9. The van der Waals surface area contributed by atoms with Gasteiger partial charge in [-0.1, -0.05) is 6.07 Å². The van der Waals surface area contributed by atoms with Crippen molar-refractivity contribution in [1.82, 2.24) is 5.32 Å². The minimum absolute atomic E-state index is 0.274. The van der Waals surface area contributed by atoms with E-state index >= 15 is 0 Å². The Bertz CT molecular complexity index is 379. The van der Waals surface area contributed by atoms with Crippen LogP contribution in [0.15, 0.2) is 22.7 Å². The first-order valence-electron chi connectivity index (χ1n) is 4.81. The van der Waals surface area contributed by atoms with Crippen LogP contribution in [0.5, 0.6) is 5.75 Å². The Hall–Kier alpha value is -0.980. The average Bonchev–Trinajstić information content (AvgIpc) is 2.23. The van der Waals surface area contributed by atoms with Gasteiger partial charge in [0.15, 0.2) is 0 Å². The van der Waals surface area contributed by atoms with E-state index in [2.05, 4.69) is 33.1 Å². The minimum Gasteiger partial charge on any atom is -0.507 e. The summed E-state index contributed by atoms with van der Waals surface area (Å²) in [5.74, 6) is 6.12. The highest BCUT2D eigenvalue weighted by molar-refractivity contribution is 9.10. The molecular weight excluding hydrogens is 254 g/mol. The van der Waals surface area contributed by atoms with Crippen molar-refractivity contribution >= 4 is 15.9 Å². The summed E-state index contributed by atoms with van der Waals surface area (Å²) in [6.07, 6.45) is 0.871. The summed E-state index contributed by atoms with van der Waals surface area (Å²) in [5, 5.41) is 12.6. The standard InChI is InChI=1S/C12H14BrNO/c1-2-3-4-7-14-9-10-5-6-12(15)11(13)8-10/h5-6,8,14-15H,4,7,9H2,1H3. The molecule has 1 aromatic rings. The number of hydrogen-bond donors (Lipinski definition) is 2. The lowest BCUT2D eigenvalue weighted by Gasteiger charge is -2.04. The van der Waals surface area contributed by atoms with E-state index in [0.29, 0.717) is 0 Å². The molecule has 1 rings (SSSR count). The Balaban J connectivity index is 2.36. The number of rotatable bonds is 4. The molecule has 80 valence electrons. The number of hydrogen-bond acceptors (Lipinski definition) is 2. The molecule has 2 nitrogen and oxygen atoms in total. The molecule has 0 bridgehead atoms. The van der Waals surface area contributed by atoms with Gasteiger partial charge in [0.05, 0.1) is 4.47 Å². The van der Waals surface area contributed by atoms with Crippen LogP contribution >= 0.6 is 15.9 Å². The fourth-order valence-electron chi connectivity index (χ4n) is 1.17. The van der Waals surface area contributed by atoms with Gasteiger partial charge < -0.3 is 10.4 Å². The van der Waals surface area contributed by atoms with Crippen LogP contribution in [0.1, 0.15) is 18.9 Å². The molecule has 0 radical (unpaired) electrons. The first kappa shape index (κ1) is 12.1. The van der Waals surface area contributed by atoms with Gasteiger partial charge in [-0.2, -0.15) is 0 Å². The normalized spacial score (nSPS) is 9.47. The molecule has 0 heterocycles. The van der Waals surface area contributed by atoms with E-state index in [-0.39, 0.29) is 5.75 Å². The highest BCUT2D eigenvalue weighted by Gasteiger charge is 1.98. The summed E-state index contributed by atoms with van der Waals surface area (Å²) in [6, 6.07) is 5.50. The quantitative estimate of drug-likeness (QED) is 0.650. The molecule has 2 N–H and O–H groups in total. The lowest BCUT2D eigenvalue weighted by atomic mass is 10.2. The average molecular weight is 268 g/mol. The Labute approximate surface area is 98.8 Å². The molecule has 0 saturated carbocycles. The van der Waals surface area contributed by atoms with Crippen molar-refractivity contribution in [3.05, 3.63) is 28.2 Å². The van der Waals surface area contributed by atoms with E-state index in [9.17, 15) is 5.11 Å². The number of halogens is 1. The maximum atomic E-state index is 9.30. The molecule has 0 aliphatic rings. The predicted molar refractivity (Wildman–Crippen MR) is 65.6 cm³/mol. The van der Waals surface area contributed by atoms with Crippen molar-refractivity contribution in [2.75, 3.05) is 6.54 Å². The van der Waals surface area contributed by atoms with Crippen LogP contribution in [0.2, 0.25) is 0 Å². The number of phenols is 1. The van der Waals surface area contributed by atoms with Crippen molar-refractivity contribution in [2.45, 2.75) is 19.9 Å². The molecule has 0 aromatic heterocycles. The predicted octanol–water partition coefficient (Wildman–Crippen LogP) is 2.66. The van der Waals surface area contributed by atoms with Gasteiger partial charge in [0.2, 0.25) is 0 Å². The number of aromatic hydroxyl groups is 1. The van der Waals surface area contributed by atoms with Gasteiger partial charge in [0.1, 0.15) is 5.75 Å². The monoisotopic (exact) mass is 267 g/mol. The molecule has 0 amide bonds. The second kappa shape index (κ2) is 6.49. The second-order valence-corrected chi connectivity index (χ2v) is 3.99. The first-order chi connectivity index (χ1) is 7.24. The topological polar surface area (TPSA) is 32.3 Å². The molecule has 3 heteroatoms. The third kappa shape index (κ3) is 4.37. The number of nitrogens with one attached hydrogen (secondary N) is 1. The van der Waals surface area contributed by atoms with Gasteiger partial charge in [-0.3, -0.25) is 0 Å². The van der Waals surface area contributed by atoms with Crippen LogP contribution in [0.3, 0.4) is 0 Å². The summed E-state index contributed by atoms with van der Waals surface area (Å²) >= 11 is 3.28. The van der Waals surface area contributed by atoms with Crippen molar-refractivity contribution in [3.8, 4) is 17.6 Å². The first-order valence-corrected chi connectivity index (χ1v) is 5.61. The smallest absolute Gasteiger partial charge is 0.129 e. The number of benzene rings is 1. The Morgan fingerprint density at radius 2 is 2.27 bits per heavy atom. The van der Waals surface area contributed by atoms with E-state index in [1.165, 1.54) is 0 Å². The van der Waals surface area contributed by atoms with Gasteiger partial charge >= 0.3 is 0 Å². The maximum Gasteiger partial charge on any atom is 0.129 e. The lowest BCUT2D eigenvalue weighted by molar-refractivity contribution is 0.471. The van der Waals surface area contributed by atoms with Gasteiger partial charge in [-0.15, -0.1) is 11.8 Å². The Morgan fingerprint density at radius 1 is 1.47 bits per heavy atom.